The summed E-state index contributed by atoms with van der Waals surface area (Å²) in [6.07, 6.45) is 1.94. The van der Waals surface area contributed by atoms with Gasteiger partial charge in [0.15, 0.2) is 0 Å². The molecule has 2 atom stereocenters. The van der Waals surface area contributed by atoms with Crippen molar-refractivity contribution in [3.05, 3.63) is 0 Å². The van der Waals surface area contributed by atoms with Gasteiger partial charge in [0.05, 0.1) is 11.4 Å². The largest absolute Gasteiger partial charge is 0.392 e. The van der Waals surface area contributed by atoms with Gasteiger partial charge in [0, 0.05) is 13.1 Å². The molecule has 1 aliphatic rings. The molecule has 2 N–H and O–H groups in total. The number of β-amino-alcohol motifs (C(OH)–C–C–N with tert-alkyl or cyclic N) is 1. The smallest absolute Gasteiger partial charge is 0.215 e. The second-order valence-corrected chi connectivity index (χ2v) is 6.50. The fraction of sp³-hybridized carbons (Fsp3) is 1.00. The molecule has 0 aliphatic carbocycles. The number of aliphatic hydroxyl groups is 1. The second kappa shape index (κ2) is 5.95. The van der Waals surface area contributed by atoms with Crippen LogP contribution < -0.4 is 4.72 Å². The lowest BCUT2D eigenvalue weighted by molar-refractivity contribution is 0.0990. The summed E-state index contributed by atoms with van der Waals surface area (Å²) in [7, 11) is -1.72. The molecule has 0 spiro atoms. The molecule has 1 heterocycles. The first kappa shape index (κ1) is 13.9. The van der Waals surface area contributed by atoms with Gasteiger partial charge < -0.3 is 5.11 Å². The lowest BCUT2D eigenvalue weighted by Gasteiger charge is -2.33. The summed E-state index contributed by atoms with van der Waals surface area (Å²) in [5.41, 5.74) is 0. The van der Waals surface area contributed by atoms with Gasteiger partial charge in [0.1, 0.15) is 0 Å². The Morgan fingerprint density at radius 2 is 2.25 bits per heavy atom. The fourth-order valence-electron chi connectivity index (χ4n) is 2.03. The number of nitrogens with one attached hydrogen (secondary N) is 1. The zero-order chi connectivity index (χ0) is 12.2. The minimum atomic E-state index is -3.17. The summed E-state index contributed by atoms with van der Waals surface area (Å²) in [5, 5.41) is 9.21. The number of piperidine rings is 1. The van der Waals surface area contributed by atoms with E-state index < -0.39 is 10.0 Å². The van der Waals surface area contributed by atoms with E-state index in [4.69, 9.17) is 0 Å². The number of hydrogen-bond donors (Lipinski definition) is 2. The van der Waals surface area contributed by atoms with E-state index in [0.717, 1.165) is 13.0 Å². The molecule has 0 saturated carbocycles. The fourth-order valence-corrected chi connectivity index (χ4v) is 3.24. The average Bonchev–Trinajstić information content (AvgIpc) is 2.29. The Kier molecular flexibility index (Phi) is 5.17. The molecular formula is C10H22N2O3S. The van der Waals surface area contributed by atoms with Crippen LogP contribution in [-0.4, -0.2) is 56.5 Å². The van der Waals surface area contributed by atoms with Crippen molar-refractivity contribution in [2.75, 3.05) is 26.7 Å². The predicted molar refractivity (Wildman–Crippen MR) is 63.7 cm³/mol. The third-order valence-electron chi connectivity index (χ3n) is 3.13. The van der Waals surface area contributed by atoms with E-state index in [2.05, 4.69) is 4.72 Å². The molecule has 1 fully saturated rings. The van der Waals surface area contributed by atoms with Gasteiger partial charge in [-0.3, -0.25) is 4.90 Å². The topological polar surface area (TPSA) is 69.6 Å². The Morgan fingerprint density at radius 3 is 2.81 bits per heavy atom. The third-order valence-corrected chi connectivity index (χ3v) is 4.96. The number of rotatable bonds is 5. The molecule has 0 aromatic rings. The number of hydrogen-bond acceptors (Lipinski definition) is 4. The van der Waals surface area contributed by atoms with Crippen molar-refractivity contribution < 1.29 is 13.5 Å². The molecule has 1 rings (SSSR count). The van der Waals surface area contributed by atoms with Gasteiger partial charge >= 0.3 is 0 Å². The molecular weight excluding hydrogens is 228 g/mol. The van der Waals surface area contributed by atoms with E-state index in [-0.39, 0.29) is 11.4 Å². The van der Waals surface area contributed by atoms with Gasteiger partial charge in [0.25, 0.3) is 0 Å². The van der Waals surface area contributed by atoms with Crippen molar-refractivity contribution >= 4 is 10.0 Å². The highest BCUT2D eigenvalue weighted by atomic mass is 32.2. The molecule has 5 nitrogen and oxygen atoms in total. The van der Waals surface area contributed by atoms with E-state index in [1.807, 2.05) is 11.8 Å². The maximum Gasteiger partial charge on any atom is 0.215 e. The maximum atomic E-state index is 11.7. The summed E-state index contributed by atoms with van der Waals surface area (Å²) in [6, 6.07) is 0. The highest BCUT2D eigenvalue weighted by molar-refractivity contribution is 7.90. The van der Waals surface area contributed by atoms with Crippen LogP contribution in [0.3, 0.4) is 0 Å². The first-order chi connectivity index (χ1) is 7.49. The van der Waals surface area contributed by atoms with Gasteiger partial charge in [0.2, 0.25) is 10.0 Å². The van der Waals surface area contributed by atoms with E-state index in [0.29, 0.717) is 25.9 Å². The number of aliphatic hydroxyl groups excluding tert-OH is 1. The zero-order valence-corrected chi connectivity index (χ0v) is 10.8. The van der Waals surface area contributed by atoms with Crippen LogP contribution in [0.2, 0.25) is 0 Å². The normalized spacial score (nSPS) is 25.6. The average molecular weight is 250 g/mol. The molecule has 6 heteroatoms. The summed E-state index contributed by atoms with van der Waals surface area (Å²) >= 11 is 0. The summed E-state index contributed by atoms with van der Waals surface area (Å²) in [6.45, 7) is 3.91. The van der Waals surface area contributed by atoms with Crippen molar-refractivity contribution in [3.63, 3.8) is 0 Å². The molecule has 96 valence electrons. The van der Waals surface area contributed by atoms with E-state index >= 15 is 0 Å². The molecule has 0 bridgehead atoms. The van der Waals surface area contributed by atoms with Crippen LogP contribution >= 0.6 is 0 Å². The number of likely N-dealkylation sites (tertiary alicyclic amines) is 1. The molecule has 0 aromatic heterocycles. The number of nitrogens with zero attached hydrogens (tertiary/aromatic N) is 1. The molecule has 0 radical (unpaired) electrons. The van der Waals surface area contributed by atoms with Crippen LogP contribution in [0.1, 0.15) is 26.2 Å². The first-order valence-electron chi connectivity index (χ1n) is 5.82. The minimum Gasteiger partial charge on any atom is -0.392 e. The molecule has 1 saturated heterocycles. The van der Waals surface area contributed by atoms with Crippen molar-refractivity contribution in [2.45, 2.75) is 37.5 Å². The molecule has 0 unspecified atom stereocenters. The lowest BCUT2D eigenvalue weighted by atomic mass is 10.1. The Bertz CT molecular complexity index is 305. The highest BCUT2D eigenvalue weighted by Gasteiger charge is 2.29. The van der Waals surface area contributed by atoms with Crippen LogP contribution in [0, 0.1) is 0 Å². The van der Waals surface area contributed by atoms with Gasteiger partial charge in [-0.15, -0.1) is 0 Å². The second-order valence-electron chi connectivity index (χ2n) is 4.34. The van der Waals surface area contributed by atoms with Gasteiger partial charge in [-0.25, -0.2) is 13.1 Å². The summed E-state index contributed by atoms with van der Waals surface area (Å²) in [5.74, 6) is 0. The first-order valence-corrected chi connectivity index (χ1v) is 7.37. The van der Waals surface area contributed by atoms with Gasteiger partial charge in [-0.2, -0.15) is 0 Å². The molecule has 16 heavy (non-hydrogen) atoms. The van der Waals surface area contributed by atoms with E-state index in [9.17, 15) is 13.5 Å². The van der Waals surface area contributed by atoms with Crippen LogP contribution in [-0.2, 0) is 10.0 Å². The standard InChI is InChI=1S/C10H22N2O3S/c1-3-9(13)7-12-6-4-5-10(8-12)16(14,15)11-2/h9-11,13H,3-8H2,1-2H3/t9-,10+/m0/s1. The molecule has 1 aliphatic heterocycles. The Labute approximate surface area is 97.9 Å². The van der Waals surface area contributed by atoms with Crippen molar-refractivity contribution in [1.29, 1.82) is 0 Å². The summed E-state index contributed by atoms with van der Waals surface area (Å²) < 4.78 is 25.7. The third kappa shape index (κ3) is 3.69. The van der Waals surface area contributed by atoms with E-state index in [1.54, 1.807) is 0 Å². The monoisotopic (exact) mass is 250 g/mol. The highest BCUT2D eigenvalue weighted by Crippen LogP contribution is 2.16. The quantitative estimate of drug-likeness (QED) is 0.707. The van der Waals surface area contributed by atoms with Crippen LogP contribution in [0.4, 0.5) is 0 Å². The number of sulfonamides is 1. The maximum absolute atomic E-state index is 11.7. The Balaban J connectivity index is 2.54. The van der Waals surface area contributed by atoms with Crippen molar-refractivity contribution in [3.8, 4) is 0 Å². The predicted octanol–water partition coefficient (Wildman–Crippen LogP) is -0.229. The molecule has 0 amide bonds. The van der Waals surface area contributed by atoms with Crippen LogP contribution in [0.25, 0.3) is 0 Å². The van der Waals surface area contributed by atoms with Crippen molar-refractivity contribution in [2.24, 2.45) is 0 Å². The Hall–Kier alpha value is -0.170. The SMILES string of the molecule is CC[C@H](O)CN1CCC[C@@H](S(=O)(=O)NC)C1. The lowest BCUT2D eigenvalue weighted by Crippen LogP contribution is -2.47. The van der Waals surface area contributed by atoms with E-state index in [1.165, 1.54) is 7.05 Å². The van der Waals surface area contributed by atoms with Crippen LogP contribution in [0.15, 0.2) is 0 Å². The van der Waals surface area contributed by atoms with Crippen LogP contribution in [0.5, 0.6) is 0 Å². The zero-order valence-electron chi connectivity index (χ0n) is 10.0. The Morgan fingerprint density at radius 1 is 1.56 bits per heavy atom. The van der Waals surface area contributed by atoms with Gasteiger partial charge in [-0.05, 0) is 32.9 Å². The summed E-state index contributed by atoms with van der Waals surface area (Å²) in [4.78, 5) is 2.04. The van der Waals surface area contributed by atoms with Crippen molar-refractivity contribution in [1.82, 2.24) is 9.62 Å². The van der Waals surface area contributed by atoms with Gasteiger partial charge in [-0.1, -0.05) is 6.92 Å². The molecule has 0 aromatic carbocycles. The minimum absolute atomic E-state index is 0.338.